The third kappa shape index (κ3) is 4.19. The predicted molar refractivity (Wildman–Crippen MR) is 91.0 cm³/mol. The Kier molecular flexibility index (Phi) is 5.21. The van der Waals surface area contributed by atoms with Crippen LogP contribution in [0.2, 0.25) is 0 Å². The molecule has 2 aromatic rings. The molecular weight excluding hydrogens is 302 g/mol. The van der Waals surface area contributed by atoms with E-state index in [2.05, 4.69) is 15.6 Å². The number of rotatable bonds is 5. The van der Waals surface area contributed by atoms with Crippen molar-refractivity contribution >= 4 is 11.8 Å². The second-order valence-electron chi connectivity index (χ2n) is 6.02. The average Bonchev–Trinajstić information content (AvgIpc) is 2.63. The fraction of sp³-hybridized carbons (Fsp3) is 0.316. The van der Waals surface area contributed by atoms with E-state index in [0.29, 0.717) is 25.7 Å². The lowest BCUT2D eigenvalue weighted by Gasteiger charge is -2.33. The highest BCUT2D eigenvalue weighted by molar-refractivity contribution is 5.79. The number of hydrogen-bond donors (Lipinski definition) is 2. The minimum absolute atomic E-state index is 0.00823. The smallest absolute Gasteiger partial charge is 0.220 e. The maximum absolute atomic E-state index is 12.3. The van der Waals surface area contributed by atoms with Gasteiger partial charge in [-0.15, -0.1) is 0 Å². The van der Waals surface area contributed by atoms with Crippen LogP contribution in [0.25, 0.3) is 0 Å². The molecule has 2 amide bonds. The second kappa shape index (κ2) is 7.73. The molecule has 2 N–H and O–H groups in total. The normalized spacial score (nSPS) is 20.2. The zero-order valence-electron chi connectivity index (χ0n) is 13.4. The highest BCUT2D eigenvalue weighted by atomic mass is 16.2. The molecule has 124 valence electrons. The SMILES string of the molecule is O=C(CCc1ccncc1)N[C@@H]1CCC(=O)N[C@H]1c1ccccc1. The Balaban J connectivity index is 1.61. The van der Waals surface area contributed by atoms with Gasteiger partial charge in [-0.3, -0.25) is 14.6 Å². The summed E-state index contributed by atoms with van der Waals surface area (Å²) >= 11 is 0. The van der Waals surface area contributed by atoms with Gasteiger partial charge < -0.3 is 10.6 Å². The van der Waals surface area contributed by atoms with Gasteiger partial charge >= 0.3 is 0 Å². The van der Waals surface area contributed by atoms with E-state index in [1.54, 1.807) is 12.4 Å². The van der Waals surface area contributed by atoms with Gasteiger partial charge in [-0.25, -0.2) is 0 Å². The fourth-order valence-electron chi connectivity index (χ4n) is 3.02. The number of piperidine rings is 1. The molecule has 1 fully saturated rings. The molecule has 0 unspecified atom stereocenters. The van der Waals surface area contributed by atoms with Gasteiger partial charge in [0, 0.05) is 25.2 Å². The van der Waals surface area contributed by atoms with Crippen LogP contribution in [0.4, 0.5) is 0 Å². The molecule has 0 spiro atoms. The number of hydrogen-bond acceptors (Lipinski definition) is 3. The minimum atomic E-state index is -0.169. The van der Waals surface area contributed by atoms with Crippen molar-refractivity contribution in [2.75, 3.05) is 0 Å². The van der Waals surface area contributed by atoms with Gasteiger partial charge in [0.15, 0.2) is 0 Å². The number of nitrogens with zero attached hydrogens (tertiary/aromatic N) is 1. The summed E-state index contributed by atoms with van der Waals surface area (Å²) in [6.07, 6.45) is 5.68. The Hall–Kier alpha value is -2.69. The first-order chi connectivity index (χ1) is 11.7. The van der Waals surface area contributed by atoms with Gasteiger partial charge in [-0.1, -0.05) is 30.3 Å². The Morgan fingerprint density at radius 2 is 1.92 bits per heavy atom. The molecule has 1 aromatic heterocycles. The summed E-state index contributed by atoms with van der Waals surface area (Å²) < 4.78 is 0. The highest BCUT2D eigenvalue weighted by Crippen LogP contribution is 2.24. The molecule has 0 saturated carbocycles. The summed E-state index contributed by atoms with van der Waals surface area (Å²) in [5, 5.41) is 6.09. The average molecular weight is 323 g/mol. The number of benzene rings is 1. The van der Waals surface area contributed by atoms with Crippen LogP contribution in [0.1, 0.15) is 36.4 Å². The lowest BCUT2D eigenvalue weighted by atomic mass is 9.91. The third-order valence-electron chi connectivity index (χ3n) is 4.30. The minimum Gasteiger partial charge on any atom is -0.351 e. The number of nitrogens with one attached hydrogen (secondary N) is 2. The molecule has 1 aliphatic heterocycles. The van der Waals surface area contributed by atoms with E-state index in [0.717, 1.165) is 11.1 Å². The van der Waals surface area contributed by atoms with E-state index in [9.17, 15) is 9.59 Å². The Morgan fingerprint density at radius 1 is 1.17 bits per heavy atom. The fourth-order valence-corrected chi connectivity index (χ4v) is 3.02. The molecule has 5 nitrogen and oxygen atoms in total. The largest absolute Gasteiger partial charge is 0.351 e. The summed E-state index contributed by atoms with van der Waals surface area (Å²) in [7, 11) is 0. The molecule has 0 bridgehead atoms. The number of aromatic nitrogens is 1. The number of pyridine rings is 1. The first kappa shape index (κ1) is 16.2. The van der Waals surface area contributed by atoms with Crippen molar-refractivity contribution in [3.63, 3.8) is 0 Å². The van der Waals surface area contributed by atoms with Crippen molar-refractivity contribution < 1.29 is 9.59 Å². The van der Waals surface area contributed by atoms with Crippen LogP contribution in [-0.4, -0.2) is 22.8 Å². The van der Waals surface area contributed by atoms with Crippen LogP contribution in [0.3, 0.4) is 0 Å². The molecule has 0 aliphatic carbocycles. The topological polar surface area (TPSA) is 71.1 Å². The summed E-state index contributed by atoms with van der Waals surface area (Å²) in [5.41, 5.74) is 2.11. The zero-order valence-corrected chi connectivity index (χ0v) is 13.4. The van der Waals surface area contributed by atoms with E-state index in [1.807, 2.05) is 42.5 Å². The molecular formula is C19H21N3O2. The standard InChI is InChI=1S/C19H21N3O2/c23-17(8-6-14-10-12-20-13-11-14)21-16-7-9-18(24)22-19(16)15-4-2-1-3-5-15/h1-5,10-13,16,19H,6-9H2,(H,21,23)(H,22,24)/t16-,19+/m1/s1. The molecule has 3 rings (SSSR count). The first-order valence-corrected chi connectivity index (χ1v) is 8.25. The van der Waals surface area contributed by atoms with Crippen LogP contribution in [0.15, 0.2) is 54.9 Å². The number of amides is 2. The van der Waals surface area contributed by atoms with Crippen LogP contribution in [0, 0.1) is 0 Å². The van der Waals surface area contributed by atoms with Gasteiger partial charge in [0.25, 0.3) is 0 Å². The van der Waals surface area contributed by atoms with E-state index in [1.165, 1.54) is 0 Å². The maximum atomic E-state index is 12.3. The Labute approximate surface area is 141 Å². The maximum Gasteiger partial charge on any atom is 0.220 e. The van der Waals surface area contributed by atoms with Crippen molar-refractivity contribution in [3.8, 4) is 0 Å². The van der Waals surface area contributed by atoms with Gasteiger partial charge in [-0.05, 0) is 36.1 Å². The molecule has 2 heterocycles. The van der Waals surface area contributed by atoms with Crippen LogP contribution in [0.5, 0.6) is 0 Å². The number of aryl methyl sites for hydroxylation is 1. The van der Waals surface area contributed by atoms with Crippen molar-refractivity contribution in [1.82, 2.24) is 15.6 Å². The molecule has 1 saturated heterocycles. The van der Waals surface area contributed by atoms with Crippen molar-refractivity contribution in [2.24, 2.45) is 0 Å². The van der Waals surface area contributed by atoms with E-state index in [4.69, 9.17) is 0 Å². The Bertz CT molecular complexity index is 688. The van der Waals surface area contributed by atoms with Crippen molar-refractivity contribution in [2.45, 2.75) is 37.8 Å². The molecule has 2 atom stereocenters. The van der Waals surface area contributed by atoms with Crippen LogP contribution >= 0.6 is 0 Å². The molecule has 5 heteroatoms. The quantitative estimate of drug-likeness (QED) is 0.886. The van der Waals surface area contributed by atoms with Gasteiger partial charge in [0.05, 0.1) is 12.1 Å². The molecule has 1 aliphatic rings. The van der Waals surface area contributed by atoms with Gasteiger partial charge in [0.1, 0.15) is 0 Å². The van der Waals surface area contributed by atoms with Crippen molar-refractivity contribution in [3.05, 3.63) is 66.0 Å². The first-order valence-electron chi connectivity index (χ1n) is 8.25. The third-order valence-corrected chi connectivity index (χ3v) is 4.30. The van der Waals surface area contributed by atoms with Gasteiger partial charge in [-0.2, -0.15) is 0 Å². The van der Waals surface area contributed by atoms with E-state index >= 15 is 0 Å². The summed E-state index contributed by atoms with van der Waals surface area (Å²) in [6, 6.07) is 13.4. The van der Waals surface area contributed by atoms with Crippen molar-refractivity contribution in [1.29, 1.82) is 0 Å². The summed E-state index contributed by atoms with van der Waals surface area (Å²) in [4.78, 5) is 28.0. The summed E-state index contributed by atoms with van der Waals surface area (Å²) in [5.74, 6) is 0.0417. The lowest BCUT2D eigenvalue weighted by molar-refractivity contribution is -0.127. The zero-order chi connectivity index (χ0) is 16.8. The van der Waals surface area contributed by atoms with Gasteiger partial charge in [0.2, 0.25) is 11.8 Å². The number of carbonyl (C=O) groups is 2. The molecule has 0 radical (unpaired) electrons. The summed E-state index contributed by atoms with van der Waals surface area (Å²) in [6.45, 7) is 0. The second-order valence-corrected chi connectivity index (χ2v) is 6.02. The lowest BCUT2D eigenvalue weighted by Crippen LogP contribution is -2.50. The van der Waals surface area contributed by atoms with Crippen LogP contribution < -0.4 is 10.6 Å². The van der Waals surface area contributed by atoms with E-state index in [-0.39, 0.29) is 23.9 Å². The Morgan fingerprint density at radius 3 is 2.67 bits per heavy atom. The monoisotopic (exact) mass is 323 g/mol. The molecule has 24 heavy (non-hydrogen) atoms. The van der Waals surface area contributed by atoms with E-state index < -0.39 is 0 Å². The predicted octanol–water partition coefficient (Wildman–Crippen LogP) is 2.15. The number of carbonyl (C=O) groups excluding carboxylic acids is 2. The van der Waals surface area contributed by atoms with Crippen LogP contribution in [-0.2, 0) is 16.0 Å². The highest BCUT2D eigenvalue weighted by Gasteiger charge is 2.30. The molecule has 1 aromatic carbocycles.